The van der Waals surface area contributed by atoms with Crippen molar-refractivity contribution >= 4 is 40.6 Å². The fourth-order valence-corrected chi connectivity index (χ4v) is 4.08. The van der Waals surface area contributed by atoms with Gasteiger partial charge in [0, 0.05) is 17.6 Å². The number of carbonyl (C=O) groups is 1. The van der Waals surface area contributed by atoms with E-state index >= 15 is 0 Å². The molecule has 1 N–H and O–H groups in total. The molecule has 0 saturated heterocycles. The molecule has 1 aliphatic heterocycles. The monoisotopic (exact) mass is 429 g/mol. The number of hydrogen-bond acceptors (Lipinski definition) is 6. The van der Waals surface area contributed by atoms with Gasteiger partial charge >= 0.3 is 0 Å². The maximum absolute atomic E-state index is 12.9. The largest absolute Gasteiger partial charge is 0.313 e. The second-order valence-corrected chi connectivity index (χ2v) is 8.05. The van der Waals surface area contributed by atoms with E-state index in [4.69, 9.17) is 9.98 Å². The third-order valence-electron chi connectivity index (χ3n) is 4.86. The van der Waals surface area contributed by atoms with Crippen LogP contribution in [0.2, 0.25) is 0 Å². The molecule has 156 valence electrons. The van der Waals surface area contributed by atoms with Gasteiger partial charge in [-0.2, -0.15) is 0 Å². The highest BCUT2D eigenvalue weighted by Crippen LogP contribution is 2.35. The summed E-state index contributed by atoms with van der Waals surface area (Å²) in [6.45, 7) is 3.98. The van der Waals surface area contributed by atoms with Crippen molar-refractivity contribution in [2.24, 2.45) is 9.98 Å². The van der Waals surface area contributed by atoms with Crippen LogP contribution in [0.1, 0.15) is 30.5 Å². The van der Waals surface area contributed by atoms with E-state index in [9.17, 15) is 4.79 Å². The van der Waals surface area contributed by atoms with Crippen LogP contribution in [0, 0.1) is 6.92 Å². The molecule has 2 aromatic carbocycles. The number of aliphatic imine (C=N–C) groups is 2. The summed E-state index contributed by atoms with van der Waals surface area (Å²) < 4.78 is 0. The van der Waals surface area contributed by atoms with Gasteiger partial charge in [0.15, 0.2) is 5.16 Å². The Labute approximate surface area is 186 Å². The summed E-state index contributed by atoms with van der Waals surface area (Å²) in [4.78, 5) is 31.2. The molecule has 1 amide bonds. The highest BCUT2D eigenvalue weighted by atomic mass is 32.2. The summed E-state index contributed by atoms with van der Waals surface area (Å²) in [6.07, 6.45) is 2.44. The van der Waals surface area contributed by atoms with E-state index in [1.165, 1.54) is 11.8 Å². The van der Waals surface area contributed by atoms with Crippen LogP contribution in [-0.2, 0) is 4.79 Å². The van der Waals surface area contributed by atoms with E-state index in [0.717, 1.165) is 34.8 Å². The van der Waals surface area contributed by atoms with Gasteiger partial charge in [-0.25, -0.2) is 15.0 Å². The minimum absolute atomic E-state index is 0.148. The number of amides is 1. The average molecular weight is 430 g/mol. The number of nitrogens with zero attached hydrogens (tertiary/aromatic N) is 4. The molecular formula is C24H23N5OS. The van der Waals surface area contributed by atoms with Gasteiger partial charge in [0.1, 0.15) is 5.84 Å². The second kappa shape index (κ2) is 9.66. The molecule has 3 aromatic rings. The molecule has 0 radical (unpaired) electrons. The third-order valence-corrected chi connectivity index (χ3v) is 5.72. The van der Waals surface area contributed by atoms with Crippen molar-refractivity contribution in [2.45, 2.75) is 31.3 Å². The molecule has 1 aliphatic rings. The van der Waals surface area contributed by atoms with Crippen molar-refractivity contribution in [3.8, 4) is 0 Å². The molecule has 31 heavy (non-hydrogen) atoms. The second-order valence-electron chi connectivity index (χ2n) is 7.10. The molecule has 1 unspecified atom stereocenters. The summed E-state index contributed by atoms with van der Waals surface area (Å²) in [5, 5.41) is 3.63. The zero-order chi connectivity index (χ0) is 21.6. The predicted octanol–water partition coefficient (Wildman–Crippen LogP) is 5.00. The fraction of sp³-hybridized carbons (Fsp3) is 0.208. The Bertz CT molecular complexity index is 1140. The SMILES string of the molecule is CCC1=Nc2ccccc2N=C(NC(=O)CSc2nccc(C)n2)C1c1ccccc1. The topological polar surface area (TPSA) is 79.6 Å². The van der Waals surface area contributed by atoms with E-state index in [-0.39, 0.29) is 17.6 Å². The lowest BCUT2D eigenvalue weighted by molar-refractivity contribution is -0.117. The van der Waals surface area contributed by atoms with Crippen LogP contribution < -0.4 is 5.32 Å². The third kappa shape index (κ3) is 5.06. The van der Waals surface area contributed by atoms with Gasteiger partial charge < -0.3 is 5.32 Å². The molecule has 1 atom stereocenters. The summed E-state index contributed by atoms with van der Waals surface area (Å²) in [5.74, 6) is 0.421. The zero-order valence-corrected chi connectivity index (χ0v) is 18.3. The number of amidine groups is 1. The minimum Gasteiger partial charge on any atom is -0.313 e. The average Bonchev–Trinajstić information content (AvgIpc) is 2.94. The highest BCUT2D eigenvalue weighted by Gasteiger charge is 2.27. The maximum Gasteiger partial charge on any atom is 0.235 e. The van der Waals surface area contributed by atoms with Crippen molar-refractivity contribution in [2.75, 3.05) is 5.75 Å². The summed E-state index contributed by atoms with van der Waals surface area (Å²) >= 11 is 1.31. The van der Waals surface area contributed by atoms with Gasteiger partial charge in [0.25, 0.3) is 0 Å². The number of thioether (sulfide) groups is 1. The zero-order valence-electron chi connectivity index (χ0n) is 17.4. The van der Waals surface area contributed by atoms with Crippen LogP contribution >= 0.6 is 11.8 Å². The lowest BCUT2D eigenvalue weighted by Crippen LogP contribution is -2.38. The molecule has 7 heteroatoms. The number of nitrogens with one attached hydrogen (secondary N) is 1. The standard InChI is InChI=1S/C24H23N5OS/c1-3-18-22(17-9-5-4-6-10-17)23(28-20-12-8-7-11-19(20)27-18)29-21(30)15-31-24-25-14-13-16(2)26-24/h4-14,22H,3,15H2,1-2H3,(H,28,29,30). The number of benzene rings is 2. The van der Waals surface area contributed by atoms with E-state index in [1.54, 1.807) is 6.20 Å². The summed E-state index contributed by atoms with van der Waals surface area (Å²) in [5.41, 5.74) is 4.44. The first-order valence-corrected chi connectivity index (χ1v) is 11.1. The quantitative estimate of drug-likeness (QED) is 0.457. The molecule has 0 bridgehead atoms. The first-order chi connectivity index (χ1) is 15.1. The van der Waals surface area contributed by atoms with E-state index in [2.05, 4.69) is 22.2 Å². The van der Waals surface area contributed by atoms with Crippen LogP contribution in [0.4, 0.5) is 11.4 Å². The smallest absolute Gasteiger partial charge is 0.235 e. The lowest BCUT2D eigenvalue weighted by Gasteiger charge is -2.20. The normalized spacial score (nSPS) is 15.4. The van der Waals surface area contributed by atoms with Gasteiger partial charge in [0.2, 0.25) is 5.91 Å². The van der Waals surface area contributed by atoms with Crippen molar-refractivity contribution in [3.05, 3.63) is 78.1 Å². The van der Waals surface area contributed by atoms with E-state index < -0.39 is 0 Å². The Morgan fingerprint density at radius 3 is 2.42 bits per heavy atom. The number of carbonyl (C=O) groups excluding carboxylic acids is 1. The van der Waals surface area contributed by atoms with Crippen LogP contribution in [0.3, 0.4) is 0 Å². The Morgan fingerprint density at radius 2 is 1.71 bits per heavy atom. The number of aromatic nitrogens is 2. The number of fused-ring (bicyclic) bond motifs is 1. The van der Waals surface area contributed by atoms with Crippen LogP contribution in [0.25, 0.3) is 0 Å². The fourth-order valence-electron chi connectivity index (χ4n) is 3.41. The van der Waals surface area contributed by atoms with Crippen molar-refractivity contribution < 1.29 is 4.79 Å². The molecular weight excluding hydrogens is 406 g/mol. The molecule has 6 nitrogen and oxygen atoms in total. The minimum atomic E-state index is -0.220. The van der Waals surface area contributed by atoms with Crippen molar-refractivity contribution in [1.29, 1.82) is 0 Å². The summed E-state index contributed by atoms with van der Waals surface area (Å²) in [6, 6.07) is 19.6. The van der Waals surface area contributed by atoms with Crippen LogP contribution in [0.15, 0.2) is 82.0 Å². The van der Waals surface area contributed by atoms with Gasteiger partial charge in [-0.3, -0.25) is 9.79 Å². The van der Waals surface area contributed by atoms with Crippen molar-refractivity contribution in [1.82, 2.24) is 15.3 Å². The Kier molecular flexibility index (Phi) is 6.52. The molecule has 0 saturated carbocycles. The Morgan fingerprint density at radius 1 is 1.00 bits per heavy atom. The first kappa shape index (κ1) is 20.9. The van der Waals surface area contributed by atoms with Crippen LogP contribution in [-0.4, -0.2) is 33.2 Å². The van der Waals surface area contributed by atoms with Gasteiger partial charge in [-0.05, 0) is 37.1 Å². The lowest BCUT2D eigenvalue weighted by atomic mass is 9.91. The number of hydrogen-bond donors (Lipinski definition) is 1. The van der Waals surface area contributed by atoms with Gasteiger partial charge in [-0.15, -0.1) is 0 Å². The predicted molar refractivity (Wildman–Crippen MR) is 126 cm³/mol. The molecule has 4 rings (SSSR count). The van der Waals surface area contributed by atoms with Gasteiger partial charge in [-0.1, -0.05) is 61.2 Å². The number of para-hydroxylation sites is 2. The highest BCUT2D eigenvalue weighted by molar-refractivity contribution is 7.99. The van der Waals surface area contributed by atoms with E-state index in [0.29, 0.717) is 11.0 Å². The van der Waals surface area contributed by atoms with Crippen molar-refractivity contribution in [3.63, 3.8) is 0 Å². The number of aryl methyl sites for hydroxylation is 1. The van der Waals surface area contributed by atoms with E-state index in [1.807, 2.05) is 67.6 Å². The van der Waals surface area contributed by atoms with Crippen LogP contribution in [0.5, 0.6) is 0 Å². The number of rotatable bonds is 5. The molecule has 2 heterocycles. The first-order valence-electron chi connectivity index (χ1n) is 10.2. The molecule has 0 fully saturated rings. The maximum atomic E-state index is 12.9. The Balaban J connectivity index is 1.64. The Hall–Kier alpha value is -3.32. The molecule has 0 aliphatic carbocycles. The summed E-state index contributed by atoms with van der Waals surface area (Å²) in [7, 11) is 0. The molecule has 0 spiro atoms. The molecule has 1 aromatic heterocycles. The van der Waals surface area contributed by atoms with Gasteiger partial charge in [0.05, 0.1) is 23.0 Å².